The van der Waals surface area contributed by atoms with Crippen molar-refractivity contribution in [3.8, 4) is 0 Å². The second kappa shape index (κ2) is 4.75. The predicted molar refractivity (Wildman–Crippen MR) is 53.0 cm³/mol. The lowest BCUT2D eigenvalue weighted by atomic mass is 10.1. The van der Waals surface area contributed by atoms with Crippen molar-refractivity contribution in [1.29, 1.82) is 0 Å². The molecular weight excluding hydrogens is 180 g/mol. The van der Waals surface area contributed by atoms with E-state index in [-0.39, 0.29) is 11.9 Å². The maximum Gasteiger partial charge on any atom is 0.242 e. The number of morpholine rings is 1. The molecule has 1 atom stereocenters. The summed E-state index contributed by atoms with van der Waals surface area (Å²) in [6.45, 7) is 3.91. The van der Waals surface area contributed by atoms with Gasteiger partial charge in [-0.15, -0.1) is 0 Å². The fourth-order valence-corrected chi connectivity index (χ4v) is 2.06. The quantitative estimate of drug-likeness (QED) is 0.644. The van der Waals surface area contributed by atoms with Crippen LogP contribution in [0.4, 0.5) is 0 Å². The molecule has 1 amide bonds. The van der Waals surface area contributed by atoms with Gasteiger partial charge in [-0.05, 0) is 19.3 Å². The van der Waals surface area contributed by atoms with Gasteiger partial charge in [0.05, 0.1) is 13.2 Å². The molecule has 0 aromatic carbocycles. The lowest BCUT2D eigenvalue weighted by molar-refractivity contribution is -0.137. The van der Waals surface area contributed by atoms with E-state index in [2.05, 4.69) is 5.32 Å². The Balaban J connectivity index is 1.85. The molecule has 4 nitrogen and oxygen atoms in total. The molecule has 80 valence electrons. The van der Waals surface area contributed by atoms with Crippen molar-refractivity contribution in [2.24, 2.45) is 0 Å². The summed E-state index contributed by atoms with van der Waals surface area (Å²) in [6, 6.07) is -0.0955. The zero-order valence-electron chi connectivity index (χ0n) is 8.50. The van der Waals surface area contributed by atoms with Gasteiger partial charge in [-0.2, -0.15) is 0 Å². The normalized spacial score (nSPS) is 28.9. The van der Waals surface area contributed by atoms with Crippen LogP contribution in [0.3, 0.4) is 0 Å². The Bertz CT molecular complexity index is 176. The number of carbonyl (C=O) groups excluding carboxylic acids is 1. The highest BCUT2D eigenvalue weighted by molar-refractivity contribution is 5.82. The molecule has 0 spiro atoms. The zero-order chi connectivity index (χ0) is 9.80. The Morgan fingerprint density at radius 3 is 2.71 bits per heavy atom. The lowest BCUT2D eigenvalue weighted by Crippen LogP contribution is -2.53. The lowest BCUT2D eigenvalue weighted by Gasteiger charge is -2.32. The first-order valence-electron chi connectivity index (χ1n) is 5.48. The van der Waals surface area contributed by atoms with Crippen LogP contribution in [0, 0.1) is 0 Å². The molecule has 14 heavy (non-hydrogen) atoms. The molecule has 2 saturated heterocycles. The largest absolute Gasteiger partial charge is 0.378 e. The van der Waals surface area contributed by atoms with E-state index in [1.54, 1.807) is 0 Å². The number of carbonyl (C=O) groups is 1. The SMILES string of the molecule is O=C([C@H]1COCCN1)N1CCCCC1. The van der Waals surface area contributed by atoms with Gasteiger partial charge in [-0.25, -0.2) is 0 Å². The van der Waals surface area contributed by atoms with E-state index >= 15 is 0 Å². The average molecular weight is 198 g/mol. The molecule has 0 aromatic heterocycles. The van der Waals surface area contributed by atoms with Crippen molar-refractivity contribution >= 4 is 5.91 Å². The molecule has 4 heteroatoms. The first-order chi connectivity index (χ1) is 6.88. The molecule has 2 fully saturated rings. The van der Waals surface area contributed by atoms with Gasteiger partial charge in [0.2, 0.25) is 5.91 Å². The van der Waals surface area contributed by atoms with Gasteiger partial charge in [0.15, 0.2) is 0 Å². The van der Waals surface area contributed by atoms with Gasteiger partial charge in [0.25, 0.3) is 0 Å². The first-order valence-corrected chi connectivity index (χ1v) is 5.48. The molecule has 2 rings (SSSR count). The highest BCUT2D eigenvalue weighted by Gasteiger charge is 2.26. The van der Waals surface area contributed by atoms with Crippen LogP contribution < -0.4 is 5.32 Å². The smallest absolute Gasteiger partial charge is 0.242 e. The van der Waals surface area contributed by atoms with Gasteiger partial charge in [-0.1, -0.05) is 0 Å². The number of nitrogens with zero attached hydrogens (tertiary/aromatic N) is 1. The van der Waals surface area contributed by atoms with Crippen LogP contribution in [0.25, 0.3) is 0 Å². The maximum atomic E-state index is 11.9. The highest BCUT2D eigenvalue weighted by Crippen LogP contribution is 2.10. The minimum absolute atomic E-state index is 0.0955. The third-order valence-corrected chi connectivity index (χ3v) is 2.89. The van der Waals surface area contributed by atoms with Gasteiger partial charge in [0, 0.05) is 19.6 Å². The predicted octanol–water partition coefficient (Wildman–Crippen LogP) is -0.0127. The van der Waals surface area contributed by atoms with E-state index in [1.165, 1.54) is 6.42 Å². The fraction of sp³-hybridized carbons (Fsp3) is 0.900. The second-order valence-electron chi connectivity index (χ2n) is 3.97. The number of hydrogen-bond donors (Lipinski definition) is 1. The average Bonchev–Trinajstić information content (AvgIpc) is 2.30. The van der Waals surface area contributed by atoms with Crippen molar-refractivity contribution in [1.82, 2.24) is 10.2 Å². The van der Waals surface area contributed by atoms with Gasteiger partial charge < -0.3 is 15.0 Å². The monoisotopic (exact) mass is 198 g/mol. The molecule has 0 saturated carbocycles. The summed E-state index contributed by atoms with van der Waals surface area (Å²) in [7, 11) is 0. The minimum Gasteiger partial charge on any atom is -0.378 e. The van der Waals surface area contributed by atoms with Gasteiger partial charge >= 0.3 is 0 Å². The Labute approximate surface area is 84.6 Å². The molecule has 0 radical (unpaired) electrons. The summed E-state index contributed by atoms with van der Waals surface area (Å²) < 4.78 is 5.28. The van der Waals surface area contributed by atoms with Crippen LogP contribution in [0.5, 0.6) is 0 Å². The van der Waals surface area contributed by atoms with Crippen molar-refractivity contribution in [3.05, 3.63) is 0 Å². The summed E-state index contributed by atoms with van der Waals surface area (Å²) in [5, 5.41) is 3.20. The number of likely N-dealkylation sites (tertiary alicyclic amines) is 1. The molecule has 0 aromatic rings. The van der Waals surface area contributed by atoms with E-state index < -0.39 is 0 Å². The molecule has 2 aliphatic heterocycles. The number of ether oxygens (including phenoxy) is 1. The number of rotatable bonds is 1. The second-order valence-corrected chi connectivity index (χ2v) is 3.97. The van der Waals surface area contributed by atoms with Crippen molar-refractivity contribution in [2.45, 2.75) is 25.3 Å². The van der Waals surface area contributed by atoms with E-state index in [4.69, 9.17) is 4.74 Å². The van der Waals surface area contributed by atoms with E-state index in [9.17, 15) is 4.79 Å². The minimum atomic E-state index is -0.0955. The van der Waals surface area contributed by atoms with Crippen LogP contribution in [-0.2, 0) is 9.53 Å². The molecule has 0 bridgehead atoms. The van der Waals surface area contributed by atoms with E-state index in [1.807, 2.05) is 4.90 Å². The van der Waals surface area contributed by atoms with Crippen LogP contribution >= 0.6 is 0 Å². The van der Waals surface area contributed by atoms with Gasteiger partial charge in [-0.3, -0.25) is 4.79 Å². The molecule has 2 aliphatic rings. The molecule has 0 unspecified atom stereocenters. The molecule has 2 heterocycles. The summed E-state index contributed by atoms with van der Waals surface area (Å²) in [5.74, 6) is 0.226. The first kappa shape index (κ1) is 9.93. The summed E-state index contributed by atoms with van der Waals surface area (Å²) in [6.07, 6.45) is 3.57. The summed E-state index contributed by atoms with van der Waals surface area (Å²) in [5.41, 5.74) is 0. The summed E-state index contributed by atoms with van der Waals surface area (Å²) >= 11 is 0. The van der Waals surface area contributed by atoms with Crippen molar-refractivity contribution < 1.29 is 9.53 Å². The maximum absolute atomic E-state index is 11.9. The third-order valence-electron chi connectivity index (χ3n) is 2.89. The van der Waals surface area contributed by atoms with E-state index in [0.717, 1.165) is 39.1 Å². The topological polar surface area (TPSA) is 41.6 Å². The molecular formula is C10H18N2O2. The Morgan fingerprint density at radius 1 is 1.29 bits per heavy atom. The van der Waals surface area contributed by atoms with Crippen LogP contribution in [-0.4, -0.2) is 49.7 Å². The third kappa shape index (κ3) is 2.25. The number of amides is 1. The molecule has 1 N–H and O–H groups in total. The van der Waals surface area contributed by atoms with Gasteiger partial charge in [0.1, 0.15) is 6.04 Å². The Hall–Kier alpha value is -0.610. The van der Waals surface area contributed by atoms with Crippen LogP contribution in [0.2, 0.25) is 0 Å². The number of piperidine rings is 1. The zero-order valence-corrected chi connectivity index (χ0v) is 8.50. The Morgan fingerprint density at radius 2 is 2.07 bits per heavy atom. The van der Waals surface area contributed by atoms with Crippen LogP contribution in [0.15, 0.2) is 0 Å². The molecule has 0 aliphatic carbocycles. The van der Waals surface area contributed by atoms with E-state index in [0.29, 0.717) is 6.61 Å². The fourth-order valence-electron chi connectivity index (χ4n) is 2.06. The van der Waals surface area contributed by atoms with Crippen LogP contribution in [0.1, 0.15) is 19.3 Å². The Kier molecular flexibility index (Phi) is 3.37. The number of nitrogens with one attached hydrogen (secondary N) is 1. The highest BCUT2D eigenvalue weighted by atomic mass is 16.5. The summed E-state index contributed by atoms with van der Waals surface area (Å²) in [4.78, 5) is 13.9. The number of hydrogen-bond acceptors (Lipinski definition) is 3. The van der Waals surface area contributed by atoms with Crippen molar-refractivity contribution in [2.75, 3.05) is 32.8 Å². The standard InChI is InChI=1S/C10H18N2O2/c13-10(9-8-14-7-4-11-9)12-5-2-1-3-6-12/h9,11H,1-8H2/t9-/m1/s1. The van der Waals surface area contributed by atoms with Crippen molar-refractivity contribution in [3.63, 3.8) is 0 Å².